The normalized spacial score (nSPS) is 12.3. The van der Waals surface area contributed by atoms with Gasteiger partial charge in [0.05, 0.1) is 6.04 Å². The number of carbonyl (C=O) groups excluding carboxylic acids is 1. The topological polar surface area (TPSA) is 50.8 Å². The predicted molar refractivity (Wildman–Crippen MR) is 75.4 cm³/mol. The largest absolute Gasteiger partial charge is 0.377 e. The molecule has 1 aromatic rings. The fourth-order valence-electron chi connectivity index (χ4n) is 1.84. The molecule has 0 bridgehead atoms. The Bertz CT molecular complexity index is 417. The van der Waals surface area contributed by atoms with Gasteiger partial charge in [-0.25, -0.2) is 0 Å². The molecule has 1 N–H and O–H groups in total. The van der Waals surface area contributed by atoms with E-state index in [2.05, 4.69) is 5.32 Å². The Morgan fingerprint density at radius 1 is 1.26 bits per heavy atom. The van der Waals surface area contributed by atoms with Crippen molar-refractivity contribution in [3.8, 4) is 0 Å². The van der Waals surface area contributed by atoms with E-state index in [1.54, 1.807) is 39.3 Å². The molecule has 1 aromatic carbocycles. The van der Waals surface area contributed by atoms with Crippen molar-refractivity contribution in [2.45, 2.75) is 19.3 Å². The Kier molecular flexibility index (Phi) is 5.79. The molecular formula is C14H22N2O3. The van der Waals surface area contributed by atoms with Crippen molar-refractivity contribution in [2.75, 3.05) is 33.6 Å². The molecule has 0 aliphatic heterocycles. The molecule has 0 spiro atoms. The second-order valence-corrected chi connectivity index (χ2v) is 4.55. The molecule has 5 heteroatoms. The Balaban J connectivity index is 2.80. The molecule has 0 aliphatic carbocycles. The van der Waals surface area contributed by atoms with Crippen molar-refractivity contribution < 1.29 is 14.3 Å². The van der Waals surface area contributed by atoms with E-state index in [0.29, 0.717) is 5.56 Å². The van der Waals surface area contributed by atoms with Crippen molar-refractivity contribution in [1.82, 2.24) is 4.90 Å². The van der Waals surface area contributed by atoms with Crippen molar-refractivity contribution >= 4 is 11.6 Å². The Morgan fingerprint density at radius 2 is 1.89 bits per heavy atom. The molecule has 0 fully saturated rings. The Hall–Kier alpha value is -1.59. The first-order valence-corrected chi connectivity index (χ1v) is 6.13. The van der Waals surface area contributed by atoms with Gasteiger partial charge in [0.1, 0.15) is 0 Å². The molecule has 0 aromatic heterocycles. The maximum absolute atomic E-state index is 11.9. The van der Waals surface area contributed by atoms with E-state index in [1.165, 1.54) is 0 Å². The van der Waals surface area contributed by atoms with E-state index < -0.39 is 0 Å². The highest BCUT2D eigenvalue weighted by Crippen LogP contribution is 2.14. The van der Waals surface area contributed by atoms with Gasteiger partial charge in [-0.2, -0.15) is 0 Å². The number of hydrogen-bond donors (Lipinski definition) is 1. The van der Waals surface area contributed by atoms with Gasteiger partial charge in [0.15, 0.2) is 6.29 Å². The van der Waals surface area contributed by atoms with E-state index in [1.807, 2.05) is 25.1 Å². The van der Waals surface area contributed by atoms with Crippen LogP contribution in [0.4, 0.5) is 5.69 Å². The SMILES string of the molecule is COC(OC)C(C)Nc1cccc(C(=O)N(C)C)c1. The number of methoxy groups -OCH3 is 2. The van der Waals surface area contributed by atoms with Crippen LogP contribution >= 0.6 is 0 Å². The minimum Gasteiger partial charge on any atom is -0.377 e. The van der Waals surface area contributed by atoms with Gasteiger partial charge in [0.2, 0.25) is 0 Å². The molecule has 0 radical (unpaired) electrons. The van der Waals surface area contributed by atoms with Gasteiger partial charge in [0, 0.05) is 39.6 Å². The van der Waals surface area contributed by atoms with Crippen LogP contribution < -0.4 is 5.32 Å². The molecule has 106 valence electrons. The number of ether oxygens (including phenoxy) is 2. The lowest BCUT2D eigenvalue weighted by Gasteiger charge is -2.23. The van der Waals surface area contributed by atoms with E-state index in [4.69, 9.17) is 9.47 Å². The molecular weight excluding hydrogens is 244 g/mol. The number of rotatable bonds is 6. The van der Waals surface area contributed by atoms with Crippen LogP contribution in [0.5, 0.6) is 0 Å². The summed E-state index contributed by atoms with van der Waals surface area (Å²) in [6, 6.07) is 7.34. The highest BCUT2D eigenvalue weighted by Gasteiger charge is 2.16. The molecule has 1 amide bonds. The fourth-order valence-corrected chi connectivity index (χ4v) is 1.84. The Labute approximate surface area is 114 Å². The van der Waals surface area contributed by atoms with Crippen LogP contribution in [-0.4, -0.2) is 51.5 Å². The number of amides is 1. The smallest absolute Gasteiger partial charge is 0.253 e. The van der Waals surface area contributed by atoms with Crippen molar-refractivity contribution in [3.05, 3.63) is 29.8 Å². The summed E-state index contributed by atoms with van der Waals surface area (Å²) in [6.07, 6.45) is -0.340. The molecule has 5 nitrogen and oxygen atoms in total. The van der Waals surface area contributed by atoms with Crippen molar-refractivity contribution in [2.24, 2.45) is 0 Å². The number of anilines is 1. The zero-order valence-electron chi connectivity index (χ0n) is 12.1. The minimum atomic E-state index is -0.340. The quantitative estimate of drug-likeness (QED) is 0.798. The Morgan fingerprint density at radius 3 is 2.42 bits per heavy atom. The van der Waals surface area contributed by atoms with Crippen LogP contribution in [-0.2, 0) is 9.47 Å². The van der Waals surface area contributed by atoms with Crippen LogP contribution in [0.15, 0.2) is 24.3 Å². The molecule has 1 unspecified atom stereocenters. The minimum absolute atomic E-state index is 0.0219. The van der Waals surface area contributed by atoms with E-state index in [9.17, 15) is 4.79 Å². The molecule has 0 saturated heterocycles. The number of nitrogens with one attached hydrogen (secondary N) is 1. The second kappa shape index (κ2) is 7.11. The standard InChI is InChI=1S/C14H22N2O3/c1-10(14(18-4)19-5)15-12-8-6-7-11(9-12)13(17)16(2)3/h6-10,14-15H,1-5H3. The van der Waals surface area contributed by atoms with Crippen LogP contribution in [0.1, 0.15) is 17.3 Å². The summed E-state index contributed by atoms with van der Waals surface area (Å²) in [5.41, 5.74) is 1.51. The van der Waals surface area contributed by atoms with E-state index >= 15 is 0 Å². The average Bonchev–Trinajstić information content (AvgIpc) is 2.39. The van der Waals surface area contributed by atoms with Gasteiger partial charge in [-0.15, -0.1) is 0 Å². The zero-order valence-corrected chi connectivity index (χ0v) is 12.1. The molecule has 0 heterocycles. The molecule has 1 rings (SSSR count). The number of hydrogen-bond acceptors (Lipinski definition) is 4. The third-order valence-corrected chi connectivity index (χ3v) is 2.78. The lowest BCUT2D eigenvalue weighted by Crippen LogP contribution is -2.33. The summed E-state index contributed by atoms with van der Waals surface area (Å²) >= 11 is 0. The van der Waals surface area contributed by atoms with Gasteiger partial charge in [-0.05, 0) is 25.1 Å². The zero-order chi connectivity index (χ0) is 14.4. The van der Waals surface area contributed by atoms with Crippen molar-refractivity contribution in [1.29, 1.82) is 0 Å². The number of benzene rings is 1. The summed E-state index contributed by atoms with van der Waals surface area (Å²) in [6.45, 7) is 1.96. The van der Waals surface area contributed by atoms with Gasteiger partial charge in [0.25, 0.3) is 5.91 Å². The highest BCUT2D eigenvalue weighted by atomic mass is 16.7. The van der Waals surface area contributed by atoms with Crippen LogP contribution in [0, 0.1) is 0 Å². The van der Waals surface area contributed by atoms with Crippen LogP contribution in [0.3, 0.4) is 0 Å². The van der Waals surface area contributed by atoms with Crippen molar-refractivity contribution in [3.63, 3.8) is 0 Å². The number of nitrogens with zero attached hydrogens (tertiary/aromatic N) is 1. The maximum Gasteiger partial charge on any atom is 0.253 e. The first-order valence-electron chi connectivity index (χ1n) is 6.13. The van der Waals surface area contributed by atoms with Gasteiger partial charge in [-0.1, -0.05) is 6.07 Å². The molecule has 0 saturated carbocycles. The molecule has 19 heavy (non-hydrogen) atoms. The van der Waals surface area contributed by atoms with Gasteiger partial charge < -0.3 is 19.7 Å². The highest BCUT2D eigenvalue weighted by molar-refractivity contribution is 5.94. The van der Waals surface area contributed by atoms with Crippen LogP contribution in [0.25, 0.3) is 0 Å². The first-order chi connectivity index (χ1) is 8.99. The summed E-state index contributed by atoms with van der Waals surface area (Å²) < 4.78 is 10.4. The monoisotopic (exact) mass is 266 g/mol. The number of carbonyl (C=O) groups is 1. The summed E-state index contributed by atoms with van der Waals surface area (Å²) in [5.74, 6) is -0.0219. The average molecular weight is 266 g/mol. The van der Waals surface area contributed by atoms with E-state index in [-0.39, 0.29) is 18.2 Å². The third-order valence-electron chi connectivity index (χ3n) is 2.78. The molecule has 0 aliphatic rings. The van der Waals surface area contributed by atoms with E-state index in [0.717, 1.165) is 5.69 Å². The maximum atomic E-state index is 11.9. The predicted octanol–water partition coefficient (Wildman–Crippen LogP) is 1.81. The van der Waals surface area contributed by atoms with Gasteiger partial charge >= 0.3 is 0 Å². The summed E-state index contributed by atoms with van der Waals surface area (Å²) in [7, 11) is 6.66. The first kappa shape index (κ1) is 15.5. The fraction of sp³-hybridized carbons (Fsp3) is 0.500. The second-order valence-electron chi connectivity index (χ2n) is 4.55. The third kappa shape index (κ3) is 4.22. The molecule has 1 atom stereocenters. The summed E-state index contributed by atoms with van der Waals surface area (Å²) in [5, 5.41) is 3.26. The summed E-state index contributed by atoms with van der Waals surface area (Å²) in [4.78, 5) is 13.4. The lowest BCUT2D eigenvalue weighted by molar-refractivity contribution is -0.109. The lowest BCUT2D eigenvalue weighted by atomic mass is 10.1. The van der Waals surface area contributed by atoms with Gasteiger partial charge in [-0.3, -0.25) is 4.79 Å². The van der Waals surface area contributed by atoms with Crippen LogP contribution in [0.2, 0.25) is 0 Å².